The lowest BCUT2D eigenvalue weighted by Gasteiger charge is -2.20. The molecule has 0 N–H and O–H groups in total. The van der Waals surface area contributed by atoms with E-state index in [9.17, 15) is 24.0 Å². The van der Waals surface area contributed by atoms with Gasteiger partial charge in [-0.2, -0.15) is 0 Å². The summed E-state index contributed by atoms with van der Waals surface area (Å²) in [4.78, 5) is 64.8. The number of fused-ring (bicyclic) bond motifs is 1. The Morgan fingerprint density at radius 3 is 2.14 bits per heavy atom. The Balaban J connectivity index is 0.00000222. The van der Waals surface area contributed by atoms with Crippen LogP contribution in [0.5, 0.6) is 0 Å². The van der Waals surface area contributed by atoms with Crippen LogP contribution >= 0.6 is 11.3 Å². The van der Waals surface area contributed by atoms with E-state index in [0.717, 1.165) is 20.5 Å². The van der Waals surface area contributed by atoms with Crippen molar-refractivity contribution in [3.8, 4) is 0 Å². The summed E-state index contributed by atoms with van der Waals surface area (Å²) in [5.74, 6) is -1.77. The average molecular weight is 517 g/mol. The second kappa shape index (κ2) is 11.9. The first-order valence-electron chi connectivity index (χ1n) is 11.7. The van der Waals surface area contributed by atoms with Gasteiger partial charge in [0.2, 0.25) is 0 Å². The summed E-state index contributed by atoms with van der Waals surface area (Å²) in [6.45, 7) is 11.4. The van der Waals surface area contributed by atoms with E-state index in [2.05, 4.69) is 0 Å². The van der Waals surface area contributed by atoms with Crippen molar-refractivity contribution in [1.82, 2.24) is 9.13 Å². The molecule has 0 aliphatic carbocycles. The maximum Gasteiger partial charge on any atom is 0.348 e. The van der Waals surface area contributed by atoms with E-state index in [1.807, 2.05) is 13.8 Å². The quantitative estimate of drug-likeness (QED) is 0.345. The van der Waals surface area contributed by atoms with Gasteiger partial charge in [0.25, 0.3) is 5.56 Å². The zero-order valence-electron chi connectivity index (χ0n) is 21.7. The molecule has 0 amide bonds. The molecule has 0 bridgehead atoms. The van der Waals surface area contributed by atoms with Gasteiger partial charge in [0.1, 0.15) is 21.9 Å². The molecule has 9 nitrogen and oxygen atoms in total. The highest BCUT2D eigenvalue weighted by molar-refractivity contribution is 7.20. The highest BCUT2D eigenvalue weighted by Gasteiger charge is 2.26. The summed E-state index contributed by atoms with van der Waals surface area (Å²) in [5, 5.41) is 0.0806. The first-order valence-corrected chi connectivity index (χ1v) is 12.5. The van der Waals surface area contributed by atoms with Crippen LogP contribution in [-0.2, 0) is 27.4 Å². The second-order valence-electron chi connectivity index (χ2n) is 8.59. The van der Waals surface area contributed by atoms with Crippen molar-refractivity contribution in [2.75, 3.05) is 6.61 Å². The van der Waals surface area contributed by atoms with Gasteiger partial charge in [-0.3, -0.25) is 19.0 Å². The van der Waals surface area contributed by atoms with E-state index >= 15 is 0 Å². The number of aryl methyl sites for hydroxylation is 1. The SMILES string of the molecule is CC.CCOC(=O)c1sc2c(c1C)c(=O)n(CC(=O)OC(C)(C)C)c(=O)n2CC(=O)c1ccccc1. The molecule has 0 spiro atoms. The molecule has 0 unspecified atom stereocenters. The van der Waals surface area contributed by atoms with E-state index in [-0.39, 0.29) is 34.0 Å². The van der Waals surface area contributed by atoms with Crippen LogP contribution in [0.2, 0.25) is 0 Å². The Morgan fingerprint density at radius 2 is 1.58 bits per heavy atom. The molecule has 10 heteroatoms. The third kappa shape index (κ3) is 6.37. The third-order valence-electron chi connectivity index (χ3n) is 4.86. The normalized spacial score (nSPS) is 11.0. The predicted molar refractivity (Wildman–Crippen MR) is 139 cm³/mol. The number of nitrogens with zero attached hydrogens (tertiary/aromatic N) is 2. The third-order valence-corrected chi connectivity index (χ3v) is 6.15. The molecule has 3 rings (SSSR count). The number of hydrogen-bond donors (Lipinski definition) is 0. The number of thiophene rings is 1. The highest BCUT2D eigenvalue weighted by Crippen LogP contribution is 2.28. The minimum atomic E-state index is -0.843. The fraction of sp³-hybridized carbons (Fsp3) is 0.423. The Kier molecular flexibility index (Phi) is 9.52. The maximum atomic E-state index is 13.3. The summed E-state index contributed by atoms with van der Waals surface area (Å²) >= 11 is 0.908. The fourth-order valence-corrected chi connectivity index (χ4v) is 4.61. The summed E-state index contributed by atoms with van der Waals surface area (Å²) in [6.07, 6.45) is 0. The first-order chi connectivity index (χ1) is 16.9. The zero-order valence-corrected chi connectivity index (χ0v) is 22.5. The number of esters is 2. The number of ketones is 1. The number of carbonyl (C=O) groups is 3. The second-order valence-corrected chi connectivity index (χ2v) is 9.59. The lowest BCUT2D eigenvalue weighted by molar-refractivity contribution is -0.155. The molecule has 3 aromatic rings. The molecule has 0 aliphatic heterocycles. The Morgan fingerprint density at radius 1 is 0.972 bits per heavy atom. The van der Waals surface area contributed by atoms with Crippen molar-refractivity contribution in [3.63, 3.8) is 0 Å². The van der Waals surface area contributed by atoms with E-state index in [4.69, 9.17) is 9.47 Å². The van der Waals surface area contributed by atoms with Crippen LogP contribution in [0.1, 0.15) is 67.1 Å². The van der Waals surface area contributed by atoms with E-state index < -0.39 is 35.3 Å². The monoisotopic (exact) mass is 516 g/mol. The molecule has 2 heterocycles. The number of hydrogen-bond acceptors (Lipinski definition) is 8. The summed E-state index contributed by atoms with van der Waals surface area (Å²) in [5.41, 5.74) is -1.70. The van der Waals surface area contributed by atoms with Crippen LogP contribution < -0.4 is 11.2 Å². The topological polar surface area (TPSA) is 114 Å². The fourth-order valence-electron chi connectivity index (χ4n) is 3.43. The zero-order chi connectivity index (χ0) is 27.2. The summed E-state index contributed by atoms with van der Waals surface area (Å²) in [7, 11) is 0. The van der Waals surface area contributed by atoms with Crippen LogP contribution in [0, 0.1) is 6.92 Å². The smallest absolute Gasteiger partial charge is 0.348 e. The van der Waals surface area contributed by atoms with Gasteiger partial charge in [0.15, 0.2) is 5.78 Å². The molecule has 1 aromatic carbocycles. The van der Waals surface area contributed by atoms with Gasteiger partial charge in [0.05, 0.1) is 18.5 Å². The van der Waals surface area contributed by atoms with E-state index in [1.165, 1.54) is 0 Å². The molecule has 2 aromatic heterocycles. The molecule has 0 saturated carbocycles. The Hall–Kier alpha value is -3.53. The van der Waals surface area contributed by atoms with Gasteiger partial charge in [-0.05, 0) is 40.2 Å². The van der Waals surface area contributed by atoms with Crippen molar-refractivity contribution in [3.05, 3.63) is 67.2 Å². The molecule has 0 saturated heterocycles. The lowest BCUT2D eigenvalue weighted by Crippen LogP contribution is -2.43. The van der Waals surface area contributed by atoms with Crippen LogP contribution in [-0.4, -0.2) is 39.1 Å². The summed E-state index contributed by atoms with van der Waals surface area (Å²) < 4.78 is 12.2. The van der Waals surface area contributed by atoms with Gasteiger partial charge in [-0.15, -0.1) is 11.3 Å². The van der Waals surface area contributed by atoms with Gasteiger partial charge in [-0.1, -0.05) is 44.2 Å². The first kappa shape index (κ1) is 28.7. The largest absolute Gasteiger partial charge is 0.462 e. The molecule has 0 aliphatic rings. The van der Waals surface area contributed by atoms with Crippen LogP contribution in [0.15, 0.2) is 39.9 Å². The molecule has 0 radical (unpaired) electrons. The number of ether oxygens (including phenoxy) is 2. The van der Waals surface area contributed by atoms with Crippen LogP contribution in [0.3, 0.4) is 0 Å². The molecule has 0 fully saturated rings. The minimum Gasteiger partial charge on any atom is -0.462 e. The van der Waals surface area contributed by atoms with Crippen molar-refractivity contribution in [2.45, 2.75) is 67.2 Å². The lowest BCUT2D eigenvalue weighted by atomic mass is 10.1. The van der Waals surface area contributed by atoms with Crippen molar-refractivity contribution in [2.24, 2.45) is 0 Å². The van der Waals surface area contributed by atoms with Gasteiger partial charge >= 0.3 is 17.6 Å². The molecule has 0 atom stereocenters. The average Bonchev–Trinajstić information content (AvgIpc) is 3.17. The van der Waals surface area contributed by atoms with Crippen molar-refractivity contribution >= 4 is 39.3 Å². The standard InChI is InChI=1S/C24H26N2O7S.C2H6/c1-6-32-22(30)19-14(2)18-20(29)25(13-17(28)33-24(3,4)5)23(31)26(21(18)34-19)12-16(27)15-10-8-7-9-11-15;1-2/h7-11H,6,12-13H2,1-5H3;1-2H3. The van der Waals surface area contributed by atoms with Crippen LogP contribution in [0.4, 0.5) is 0 Å². The van der Waals surface area contributed by atoms with Crippen LogP contribution in [0.25, 0.3) is 10.2 Å². The van der Waals surface area contributed by atoms with Crippen molar-refractivity contribution in [1.29, 1.82) is 0 Å². The minimum absolute atomic E-state index is 0.0806. The molecular formula is C26H32N2O7S. The number of rotatable bonds is 7. The number of Topliss-reactive ketones (excluding diaryl/α,β-unsaturated/α-hetero) is 1. The van der Waals surface area contributed by atoms with Crippen molar-refractivity contribution < 1.29 is 23.9 Å². The molecule has 36 heavy (non-hydrogen) atoms. The predicted octanol–water partition coefficient (Wildman–Crippen LogP) is 3.96. The highest BCUT2D eigenvalue weighted by atomic mass is 32.1. The number of aromatic nitrogens is 2. The summed E-state index contributed by atoms with van der Waals surface area (Å²) in [6, 6.07) is 8.39. The van der Waals surface area contributed by atoms with E-state index in [1.54, 1.807) is 65.0 Å². The van der Waals surface area contributed by atoms with Gasteiger partial charge < -0.3 is 9.47 Å². The molecular weight excluding hydrogens is 484 g/mol. The van der Waals surface area contributed by atoms with E-state index in [0.29, 0.717) is 11.1 Å². The Bertz CT molecular complexity index is 1380. The molecule has 194 valence electrons. The maximum absolute atomic E-state index is 13.3. The van der Waals surface area contributed by atoms with Gasteiger partial charge in [0, 0.05) is 5.56 Å². The number of benzene rings is 1. The Labute approximate surface area is 213 Å². The van der Waals surface area contributed by atoms with Gasteiger partial charge in [-0.25, -0.2) is 14.2 Å². The number of carbonyl (C=O) groups excluding carboxylic acids is 3.